The third-order valence-electron chi connectivity index (χ3n) is 1.04. The molecule has 2 nitrogen and oxygen atoms in total. The van der Waals surface area contributed by atoms with Crippen LogP contribution in [0.3, 0.4) is 0 Å². The molecule has 0 bridgehead atoms. The standard InChI is InChI=1S/C6H7AsN2/c7-6-2-1-5(3-8)4-9-6/h1-2,4H,3,8H2. The van der Waals surface area contributed by atoms with Gasteiger partial charge in [0.15, 0.2) is 0 Å². The molecule has 0 aromatic carbocycles. The molecule has 1 rings (SSSR count). The van der Waals surface area contributed by atoms with Crippen LogP contribution in [0.2, 0.25) is 0 Å². The number of nitrogens with zero attached hydrogens (tertiary/aromatic N) is 1. The van der Waals surface area contributed by atoms with Gasteiger partial charge in [0.05, 0.1) is 0 Å². The zero-order chi connectivity index (χ0) is 6.69. The van der Waals surface area contributed by atoms with Gasteiger partial charge in [0.2, 0.25) is 0 Å². The molecule has 1 heterocycles. The molecule has 1 aromatic rings. The second kappa shape index (κ2) is 3.00. The molecule has 0 aliphatic heterocycles. The molecule has 0 aliphatic carbocycles. The SMILES string of the molecule is NCc1ccc([As])nc1. The zero-order valence-corrected chi connectivity index (χ0v) is 6.79. The Hall–Kier alpha value is -0.332. The molecule has 3 heteroatoms. The number of aromatic nitrogens is 1. The number of nitrogens with two attached hydrogens (primary N) is 1. The van der Waals surface area contributed by atoms with Crippen LogP contribution in [0.5, 0.6) is 0 Å². The number of hydrogen-bond acceptors (Lipinski definition) is 2. The van der Waals surface area contributed by atoms with Crippen molar-refractivity contribution in [3.63, 3.8) is 0 Å². The van der Waals surface area contributed by atoms with Crippen LogP contribution in [0.15, 0.2) is 18.3 Å². The van der Waals surface area contributed by atoms with Crippen LogP contribution in [0, 0.1) is 0 Å². The van der Waals surface area contributed by atoms with Crippen LogP contribution in [0.1, 0.15) is 5.56 Å². The zero-order valence-electron chi connectivity index (χ0n) is 4.91. The van der Waals surface area contributed by atoms with Gasteiger partial charge >= 0.3 is 62.5 Å². The average molecular weight is 182 g/mol. The van der Waals surface area contributed by atoms with Crippen molar-refractivity contribution in [2.75, 3.05) is 0 Å². The van der Waals surface area contributed by atoms with Crippen LogP contribution in [0.25, 0.3) is 0 Å². The van der Waals surface area contributed by atoms with E-state index in [2.05, 4.69) is 21.8 Å². The summed E-state index contributed by atoms with van der Waals surface area (Å²) in [5, 5.41) is 0. The summed E-state index contributed by atoms with van der Waals surface area (Å²) < 4.78 is 0.972. The summed E-state index contributed by atoms with van der Waals surface area (Å²) >= 11 is 2.38. The number of rotatable bonds is 1. The molecule has 1 aromatic heterocycles. The van der Waals surface area contributed by atoms with E-state index >= 15 is 0 Å². The summed E-state index contributed by atoms with van der Waals surface area (Å²) in [6.45, 7) is 0.570. The topological polar surface area (TPSA) is 38.9 Å². The normalized spacial score (nSPS) is 9.56. The van der Waals surface area contributed by atoms with Gasteiger partial charge in [0.1, 0.15) is 0 Å². The van der Waals surface area contributed by atoms with Gasteiger partial charge in [-0.3, -0.25) is 0 Å². The summed E-state index contributed by atoms with van der Waals surface area (Å²) in [6, 6.07) is 3.91. The predicted octanol–water partition coefficient (Wildman–Crippen LogP) is -0.666. The fourth-order valence-corrected chi connectivity index (χ4v) is 0.815. The van der Waals surface area contributed by atoms with Crippen LogP contribution in [-0.2, 0) is 6.54 Å². The second-order valence-corrected chi connectivity index (χ2v) is 2.69. The van der Waals surface area contributed by atoms with Gasteiger partial charge in [-0.2, -0.15) is 0 Å². The third kappa shape index (κ3) is 1.81. The molecule has 2 N–H and O–H groups in total. The van der Waals surface area contributed by atoms with Gasteiger partial charge in [-0.05, 0) is 0 Å². The second-order valence-electron chi connectivity index (χ2n) is 1.73. The van der Waals surface area contributed by atoms with Crippen LogP contribution < -0.4 is 10.2 Å². The minimum atomic E-state index is 0.570. The molecule has 0 aliphatic rings. The molecule has 0 fully saturated rings. The maximum atomic E-state index is 5.35. The first kappa shape index (κ1) is 6.78. The Morgan fingerprint density at radius 1 is 1.56 bits per heavy atom. The van der Waals surface area contributed by atoms with Gasteiger partial charge < -0.3 is 0 Å². The van der Waals surface area contributed by atoms with Gasteiger partial charge in [-0.15, -0.1) is 0 Å². The van der Waals surface area contributed by atoms with E-state index in [0.717, 1.165) is 10.0 Å². The van der Waals surface area contributed by atoms with E-state index in [9.17, 15) is 0 Å². The Kier molecular flexibility index (Phi) is 2.26. The first-order valence-corrected chi connectivity index (χ1v) is 3.60. The van der Waals surface area contributed by atoms with Crippen LogP contribution in [-0.4, -0.2) is 21.8 Å². The fourth-order valence-electron chi connectivity index (χ4n) is 0.537. The third-order valence-corrected chi connectivity index (χ3v) is 1.60. The Morgan fingerprint density at radius 2 is 2.33 bits per heavy atom. The molecule has 2 radical (unpaired) electrons. The maximum absolute atomic E-state index is 5.35. The van der Waals surface area contributed by atoms with Crippen molar-refractivity contribution >= 4 is 21.3 Å². The molecule has 0 saturated heterocycles. The average Bonchev–Trinajstić information content (AvgIpc) is 1.90. The van der Waals surface area contributed by atoms with E-state index in [1.165, 1.54) is 0 Å². The van der Waals surface area contributed by atoms with Crippen molar-refractivity contribution in [2.45, 2.75) is 6.54 Å². The summed E-state index contributed by atoms with van der Waals surface area (Å²) in [5.74, 6) is 0. The molecule has 46 valence electrons. The Morgan fingerprint density at radius 3 is 2.78 bits per heavy atom. The Bertz CT molecular complexity index is 183. The quantitative estimate of drug-likeness (QED) is 0.585. The fraction of sp³-hybridized carbons (Fsp3) is 0.167. The molecule has 9 heavy (non-hydrogen) atoms. The van der Waals surface area contributed by atoms with Gasteiger partial charge in [-0.25, -0.2) is 0 Å². The van der Waals surface area contributed by atoms with E-state index in [4.69, 9.17) is 5.73 Å². The molecule has 0 atom stereocenters. The summed E-state index contributed by atoms with van der Waals surface area (Å²) in [4.78, 5) is 4.04. The summed E-state index contributed by atoms with van der Waals surface area (Å²) in [6.07, 6.45) is 1.79. The summed E-state index contributed by atoms with van der Waals surface area (Å²) in [5.41, 5.74) is 6.43. The van der Waals surface area contributed by atoms with Crippen molar-refractivity contribution in [3.8, 4) is 0 Å². The van der Waals surface area contributed by atoms with Crippen molar-refractivity contribution in [1.82, 2.24) is 4.98 Å². The van der Waals surface area contributed by atoms with Crippen LogP contribution >= 0.6 is 0 Å². The van der Waals surface area contributed by atoms with Crippen LogP contribution in [0.4, 0.5) is 0 Å². The van der Waals surface area contributed by atoms with E-state index < -0.39 is 0 Å². The van der Waals surface area contributed by atoms with Crippen molar-refractivity contribution in [1.29, 1.82) is 0 Å². The van der Waals surface area contributed by atoms with E-state index in [1.54, 1.807) is 6.20 Å². The molecule has 0 saturated carbocycles. The Labute approximate surface area is 63.0 Å². The van der Waals surface area contributed by atoms with Crippen molar-refractivity contribution in [2.24, 2.45) is 5.73 Å². The molecular weight excluding hydrogens is 175 g/mol. The molecule has 0 unspecified atom stereocenters. The van der Waals surface area contributed by atoms with E-state index in [-0.39, 0.29) is 0 Å². The summed E-state index contributed by atoms with van der Waals surface area (Å²) in [7, 11) is 0. The first-order valence-electron chi connectivity index (χ1n) is 2.67. The first-order chi connectivity index (χ1) is 4.33. The number of hydrogen-bond donors (Lipinski definition) is 1. The molecule has 0 amide bonds. The van der Waals surface area contributed by atoms with Gasteiger partial charge in [0.25, 0.3) is 0 Å². The van der Waals surface area contributed by atoms with Gasteiger partial charge in [0, 0.05) is 0 Å². The van der Waals surface area contributed by atoms with Gasteiger partial charge in [-0.1, -0.05) is 0 Å². The molecule has 0 spiro atoms. The monoisotopic (exact) mass is 182 g/mol. The van der Waals surface area contributed by atoms with Crippen molar-refractivity contribution in [3.05, 3.63) is 23.9 Å². The Balaban J connectivity index is 2.88. The minimum absolute atomic E-state index is 0.570. The van der Waals surface area contributed by atoms with E-state index in [1.807, 2.05) is 12.1 Å². The van der Waals surface area contributed by atoms with Crippen molar-refractivity contribution < 1.29 is 0 Å². The number of pyridine rings is 1. The van der Waals surface area contributed by atoms with E-state index in [0.29, 0.717) is 6.54 Å². The predicted molar refractivity (Wildman–Crippen MR) is 37.5 cm³/mol. The molecular formula is C6H7AsN2.